The first-order valence-electron chi connectivity index (χ1n) is 5.40. The SMILES string of the molecule is CCCCC(N)Cc1ncnn1CC. The van der Waals surface area contributed by atoms with Crippen molar-refractivity contribution in [1.82, 2.24) is 14.8 Å². The third-order valence-electron chi connectivity index (χ3n) is 2.37. The van der Waals surface area contributed by atoms with Crippen molar-refractivity contribution in [2.45, 2.75) is 52.1 Å². The van der Waals surface area contributed by atoms with E-state index in [0.717, 1.165) is 25.2 Å². The molecular formula is C10H20N4. The molecule has 0 bridgehead atoms. The van der Waals surface area contributed by atoms with E-state index < -0.39 is 0 Å². The molecular weight excluding hydrogens is 176 g/mol. The lowest BCUT2D eigenvalue weighted by Gasteiger charge is -2.10. The molecule has 0 aromatic carbocycles. The van der Waals surface area contributed by atoms with E-state index in [2.05, 4.69) is 23.9 Å². The molecule has 1 unspecified atom stereocenters. The molecule has 0 aliphatic rings. The van der Waals surface area contributed by atoms with Crippen LogP contribution in [0.5, 0.6) is 0 Å². The van der Waals surface area contributed by atoms with Crippen LogP contribution in [0.4, 0.5) is 0 Å². The van der Waals surface area contributed by atoms with Gasteiger partial charge in [0.05, 0.1) is 0 Å². The molecule has 0 fully saturated rings. The predicted molar refractivity (Wildman–Crippen MR) is 56.9 cm³/mol. The van der Waals surface area contributed by atoms with Gasteiger partial charge in [-0.25, -0.2) is 4.98 Å². The fourth-order valence-electron chi connectivity index (χ4n) is 1.51. The molecule has 1 aromatic rings. The van der Waals surface area contributed by atoms with E-state index in [0.29, 0.717) is 0 Å². The van der Waals surface area contributed by atoms with Crippen LogP contribution in [-0.4, -0.2) is 20.8 Å². The lowest BCUT2D eigenvalue weighted by Crippen LogP contribution is -2.24. The molecule has 4 heteroatoms. The summed E-state index contributed by atoms with van der Waals surface area (Å²) in [6.45, 7) is 5.12. The van der Waals surface area contributed by atoms with Crippen LogP contribution >= 0.6 is 0 Å². The number of nitrogens with zero attached hydrogens (tertiary/aromatic N) is 3. The molecule has 0 radical (unpaired) electrons. The van der Waals surface area contributed by atoms with Crippen LogP contribution in [0.15, 0.2) is 6.33 Å². The van der Waals surface area contributed by atoms with Gasteiger partial charge in [-0.15, -0.1) is 0 Å². The predicted octanol–water partition coefficient (Wildman–Crippen LogP) is 1.36. The quantitative estimate of drug-likeness (QED) is 0.747. The lowest BCUT2D eigenvalue weighted by molar-refractivity contribution is 0.530. The Kier molecular flexibility index (Phi) is 4.59. The number of hydrogen-bond donors (Lipinski definition) is 1. The van der Waals surface area contributed by atoms with Gasteiger partial charge in [-0.2, -0.15) is 5.10 Å². The van der Waals surface area contributed by atoms with Gasteiger partial charge in [-0.1, -0.05) is 19.8 Å². The number of nitrogens with two attached hydrogens (primary N) is 1. The van der Waals surface area contributed by atoms with Crippen molar-refractivity contribution in [2.24, 2.45) is 5.73 Å². The molecule has 0 amide bonds. The Morgan fingerprint density at radius 1 is 1.50 bits per heavy atom. The van der Waals surface area contributed by atoms with Crippen molar-refractivity contribution in [1.29, 1.82) is 0 Å². The van der Waals surface area contributed by atoms with E-state index in [-0.39, 0.29) is 6.04 Å². The second-order valence-corrected chi connectivity index (χ2v) is 3.60. The molecule has 4 nitrogen and oxygen atoms in total. The number of aromatic nitrogens is 3. The topological polar surface area (TPSA) is 56.7 Å². The Labute approximate surface area is 85.5 Å². The highest BCUT2D eigenvalue weighted by molar-refractivity contribution is 4.88. The first kappa shape index (κ1) is 11.2. The molecule has 1 heterocycles. The standard InChI is InChI=1S/C10H20N4/c1-3-5-6-9(11)7-10-12-8-13-14(10)4-2/h8-9H,3-7,11H2,1-2H3. The van der Waals surface area contributed by atoms with Crippen molar-refractivity contribution >= 4 is 0 Å². The number of aryl methyl sites for hydroxylation is 1. The van der Waals surface area contributed by atoms with Crippen LogP contribution in [0.1, 0.15) is 38.9 Å². The zero-order valence-electron chi connectivity index (χ0n) is 9.11. The van der Waals surface area contributed by atoms with Crippen molar-refractivity contribution in [3.63, 3.8) is 0 Å². The summed E-state index contributed by atoms with van der Waals surface area (Å²) in [7, 11) is 0. The highest BCUT2D eigenvalue weighted by Gasteiger charge is 2.08. The van der Waals surface area contributed by atoms with Gasteiger partial charge >= 0.3 is 0 Å². The molecule has 0 spiro atoms. The first-order chi connectivity index (χ1) is 6.77. The maximum atomic E-state index is 5.99. The maximum Gasteiger partial charge on any atom is 0.138 e. The van der Waals surface area contributed by atoms with E-state index in [9.17, 15) is 0 Å². The molecule has 0 aliphatic carbocycles. The summed E-state index contributed by atoms with van der Waals surface area (Å²) in [4.78, 5) is 4.21. The average Bonchev–Trinajstić information content (AvgIpc) is 2.62. The lowest BCUT2D eigenvalue weighted by atomic mass is 10.1. The van der Waals surface area contributed by atoms with Crippen LogP contribution in [0.3, 0.4) is 0 Å². The molecule has 2 N–H and O–H groups in total. The van der Waals surface area contributed by atoms with E-state index in [4.69, 9.17) is 5.73 Å². The average molecular weight is 196 g/mol. The van der Waals surface area contributed by atoms with Gasteiger partial charge < -0.3 is 5.73 Å². The zero-order chi connectivity index (χ0) is 10.4. The Morgan fingerprint density at radius 2 is 2.29 bits per heavy atom. The fraction of sp³-hybridized carbons (Fsp3) is 0.800. The van der Waals surface area contributed by atoms with Gasteiger partial charge in [0.15, 0.2) is 0 Å². The molecule has 0 aliphatic heterocycles. The minimum Gasteiger partial charge on any atom is -0.327 e. The summed E-state index contributed by atoms with van der Waals surface area (Å²) < 4.78 is 1.91. The summed E-state index contributed by atoms with van der Waals surface area (Å²) in [5, 5.41) is 4.12. The molecule has 1 rings (SSSR count). The van der Waals surface area contributed by atoms with Gasteiger partial charge in [0.1, 0.15) is 12.2 Å². The number of unbranched alkanes of at least 4 members (excludes halogenated alkanes) is 1. The molecule has 1 aromatic heterocycles. The third kappa shape index (κ3) is 3.10. The summed E-state index contributed by atoms with van der Waals surface area (Å²) in [6.07, 6.45) is 5.92. The van der Waals surface area contributed by atoms with Crippen molar-refractivity contribution in [2.75, 3.05) is 0 Å². The third-order valence-corrected chi connectivity index (χ3v) is 2.37. The normalized spacial score (nSPS) is 13.1. The second kappa shape index (κ2) is 5.75. The number of rotatable bonds is 6. The van der Waals surface area contributed by atoms with Crippen LogP contribution in [0.25, 0.3) is 0 Å². The van der Waals surface area contributed by atoms with Crippen LogP contribution in [-0.2, 0) is 13.0 Å². The van der Waals surface area contributed by atoms with E-state index in [1.807, 2.05) is 4.68 Å². The van der Waals surface area contributed by atoms with E-state index in [1.165, 1.54) is 12.8 Å². The van der Waals surface area contributed by atoms with Gasteiger partial charge in [-0.05, 0) is 13.3 Å². The molecule has 0 saturated heterocycles. The van der Waals surface area contributed by atoms with Crippen molar-refractivity contribution < 1.29 is 0 Å². The highest BCUT2D eigenvalue weighted by atomic mass is 15.3. The summed E-state index contributed by atoms with van der Waals surface area (Å²) in [6, 6.07) is 0.226. The zero-order valence-corrected chi connectivity index (χ0v) is 9.11. The molecule has 0 saturated carbocycles. The van der Waals surface area contributed by atoms with Gasteiger partial charge in [-0.3, -0.25) is 4.68 Å². The Bertz CT molecular complexity index is 256. The summed E-state index contributed by atoms with van der Waals surface area (Å²) in [5.74, 6) is 1.01. The highest BCUT2D eigenvalue weighted by Crippen LogP contribution is 2.04. The van der Waals surface area contributed by atoms with Crippen molar-refractivity contribution in [3.8, 4) is 0 Å². The number of hydrogen-bond acceptors (Lipinski definition) is 3. The molecule has 80 valence electrons. The van der Waals surface area contributed by atoms with Gasteiger partial charge in [0.2, 0.25) is 0 Å². The molecule has 14 heavy (non-hydrogen) atoms. The Hall–Kier alpha value is -0.900. The molecule has 1 atom stereocenters. The van der Waals surface area contributed by atoms with Gasteiger partial charge in [0.25, 0.3) is 0 Å². The smallest absolute Gasteiger partial charge is 0.138 e. The largest absolute Gasteiger partial charge is 0.327 e. The maximum absolute atomic E-state index is 5.99. The van der Waals surface area contributed by atoms with E-state index in [1.54, 1.807) is 6.33 Å². The fourth-order valence-corrected chi connectivity index (χ4v) is 1.51. The summed E-state index contributed by atoms with van der Waals surface area (Å²) in [5.41, 5.74) is 5.99. The van der Waals surface area contributed by atoms with E-state index >= 15 is 0 Å². The van der Waals surface area contributed by atoms with Crippen LogP contribution in [0, 0.1) is 0 Å². The minimum atomic E-state index is 0.226. The second-order valence-electron chi connectivity index (χ2n) is 3.60. The Balaban J connectivity index is 2.42. The van der Waals surface area contributed by atoms with Crippen LogP contribution in [0.2, 0.25) is 0 Å². The van der Waals surface area contributed by atoms with Crippen LogP contribution < -0.4 is 5.73 Å². The van der Waals surface area contributed by atoms with Gasteiger partial charge in [0, 0.05) is 19.0 Å². The summed E-state index contributed by atoms with van der Waals surface area (Å²) >= 11 is 0. The first-order valence-corrected chi connectivity index (χ1v) is 5.40. The Morgan fingerprint density at radius 3 is 2.93 bits per heavy atom. The van der Waals surface area contributed by atoms with Crippen molar-refractivity contribution in [3.05, 3.63) is 12.2 Å². The monoisotopic (exact) mass is 196 g/mol. The minimum absolute atomic E-state index is 0.226.